The van der Waals surface area contributed by atoms with Crippen molar-refractivity contribution < 1.29 is 31.5 Å². The monoisotopic (exact) mass is 333 g/mol. The number of carbonyl (C=O) groups excluding carboxylic acids is 2. The van der Waals surface area contributed by atoms with Crippen molar-refractivity contribution >= 4 is 23.3 Å². The Labute approximate surface area is 120 Å². The zero-order valence-corrected chi connectivity index (χ0v) is 11.2. The maximum Gasteiger partial charge on any atom is 0.463 e. The topological polar surface area (TPSA) is 64.0 Å². The van der Waals surface area contributed by atoms with Crippen LogP contribution in [-0.4, -0.2) is 39.4 Å². The van der Waals surface area contributed by atoms with E-state index in [4.69, 9.17) is 11.6 Å². The van der Waals surface area contributed by atoms with Crippen molar-refractivity contribution in [3.8, 4) is 0 Å². The third-order valence-corrected chi connectivity index (χ3v) is 2.69. The van der Waals surface area contributed by atoms with Gasteiger partial charge in [0.2, 0.25) is 0 Å². The molecular formula is C10H9ClF5N3O2. The van der Waals surface area contributed by atoms with Crippen LogP contribution in [0.1, 0.15) is 11.6 Å². The second-order valence-electron chi connectivity index (χ2n) is 4.03. The molecule has 1 heterocycles. The third-order valence-electron chi connectivity index (χ3n) is 2.43. The van der Waals surface area contributed by atoms with E-state index in [0.29, 0.717) is 0 Å². The average molecular weight is 334 g/mol. The molecule has 1 rings (SSSR count). The summed E-state index contributed by atoms with van der Waals surface area (Å²) in [6, 6.07) is -1.74. The number of halogens is 6. The van der Waals surface area contributed by atoms with E-state index in [2.05, 4.69) is 5.10 Å². The Balaban J connectivity index is 3.03. The lowest BCUT2D eigenvalue weighted by atomic mass is 10.1. The van der Waals surface area contributed by atoms with Crippen molar-refractivity contribution in [3.63, 3.8) is 0 Å². The van der Waals surface area contributed by atoms with Gasteiger partial charge in [-0.1, -0.05) is 0 Å². The fourth-order valence-corrected chi connectivity index (χ4v) is 1.52. The molecule has 0 aliphatic carbocycles. The minimum Gasteiger partial charge on any atom is -0.336 e. The Kier molecular flexibility index (Phi) is 4.92. The maximum absolute atomic E-state index is 12.9. The molecule has 0 bridgehead atoms. The second-order valence-corrected chi connectivity index (χ2v) is 4.29. The lowest BCUT2D eigenvalue weighted by molar-refractivity contribution is -0.270. The van der Waals surface area contributed by atoms with Crippen molar-refractivity contribution in [1.29, 1.82) is 0 Å². The molecule has 0 radical (unpaired) electrons. The molecule has 1 aromatic heterocycles. The molecule has 0 aromatic carbocycles. The fraction of sp³-hybridized carbons (Fsp3) is 0.500. The van der Waals surface area contributed by atoms with Gasteiger partial charge in [0, 0.05) is 18.8 Å². The summed E-state index contributed by atoms with van der Waals surface area (Å²) in [5.41, 5.74) is -0.0607. The first-order chi connectivity index (χ1) is 9.50. The largest absolute Gasteiger partial charge is 0.463 e. The summed E-state index contributed by atoms with van der Waals surface area (Å²) in [4.78, 5) is 22.6. The van der Waals surface area contributed by atoms with Gasteiger partial charge in [0.05, 0.1) is 12.1 Å². The van der Waals surface area contributed by atoms with Crippen LogP contribution in [0.25, 0.3) is 0 Å². The number of ketones is 1. The van der Waals surface area contributed by atoms with Crippen LogP contribution >= 0.6 is 11.6 Å². The van der Waals surface area contributed by atoms with Crippen LogP contribution in [-0.2, 0) is 16.6 Å². The summed E-state index contributed by atoms with van der Waals surface area (Å²) in [6.45, 7) is 0. The van der Waals surface area contributed by atoms with Gasteiger partial charge in [-0.05, 0) is 0 Å². The molecule has 0 aliphatic rings. The van der Waals surface area contributed by atoms with Gasteiger partial charge in [0.15, 0.2) is 5.78 Å². The van der Waals surface area contributed by atoms with E-state index < -0.39 is 35.7 Å². The van der Waals surface area contributed by atoms with Gasteiger partial charge in [-0.25, -0.2) is 0 Å². The molecule has 5 nitrogen and oxygen atoms in total. The lowest BCUT2D eigenvalue weighted by Crippen LogP contribution is -2.52. The number of nitrogens with zero attached hydrogens (tertiary/aromatic N) is 2. The quantitative estimate of drug-likeness (QED) is 0.657. The first-order valence-electron chi connectivity index (χ1n) is 5.33. The smallest absolute Gasteiger partial charge is 0.336 e. The standard InChI is InChI=1S/C10H9ClF5N3O2/c1-19-4-5(3-17-19)7(6(20)2-11)18-8(21)9(12,13)10(14,15)16/h3-4,7H,2H2,1H3,(H,18,21). The molecule has 1 amide bonds. The summed E-state index contributed by atoms with van der Waals surface area (Å²) in [6.07, 6.45) is -3.84. The number of alkyl halides is 6. The summed E-state index contributed by atoms with van der Waals surface area (Å²) < 4.78 is 63.2. The molecule has 118 valence electrons. The predicted molar refractivity (Wildman–Crippen MR) is 60.8 cm³/mol. The van der Waals surface area contributed by atoms with Crippen LogP contribution in [0.15, 0.2) is 12.4 Å². The predicted octanol–water partition coefficient (Wildman–Crippen LogP) is 1.58. The molecule has 0 spiro atoms. The SMILES string of the molecule is Cn1cc(C(NC(=O)C(F)(F)C(F)(F)F)C(=O)CCl)cn1. The van der Waals surface area contributed by atoms with E-state index in [-0.39, 0.29) is 5.56 Å². The van der Waals surface area contributed by atoms with E-state index in [1.807, 2.05) is 0 Å². The number of amides is 1. The fourth-order valence-electron chi connectivity index (χ4n) is 1.37. The van der Waals surface area contributed by atoms with Crippen molar-refractivity contribution in [2.75, 3.05) is 5.88 Å². The molecule has 1 atom stereocenters. The number of aromatic nitrogens is 2. The molecule has 1 N–H and O–H groups in total. The summed E-state index contributed by atoms with van der Waals surface area (Å²) >= 11 is 5.25. The van der Waals surface area contributed by atoms with Gasteiger partial charge < -0.3 is 5.32 Å². The first-order valence-corrected chi connectivity index (χ1v) is 5.87. The van der Waals surface area contributed by atoms with Crippen LogP contribution in [0.5, 0.6) is 0 Å². The molecule has 0 saturated heterocycles. The molecule has 0 aliphatic heterocycles. The molecule has 0 saturated carbocycles. The van der Waals surface area contributed by atoms with Gasteiger partial charge in [0.25, 0.3) is 0 Å². The molecule has 1 aromatic rings. The molecule has 21 heavy (non-hydrogen) atoms. The normalized spacial score (nSPS) is 13.9. The number of hydrogen-bond acceptors (Lipinski definition) is 3. The van der Waals surface area contributed by atoms with E-state index >= 15 is 0 Å². The number of hydrogen-bond donors (Lipinski definition) is 1. The Morgan fingerprint density at radius 3 is 2.33 bits per heavy atom. The third kappa shape index (κ3) is 3.69. The molecular weight excluding hydrogens is 325 g/mol. The molecule has 11 heteroatoms. The molecule has 0 fully saturated rings. The highest BCUT2D eigenvalue weighted by Gasteiger charge is 2.63. The van der Waals surface area contributed by atoms with E-state index in [9.17, 15) is 31.5 Å². The number of aryl methyl sites for hydroxylation is 1. The van der Waals surface area contributed by atoms with E-state index in [1.165, 1.54) is 23.2 Å². The summed E-state index contributed by atoms with van der Waals surface area (Å²) in [5, 5.41) is 4.98. The number of carbonyl (C=O) groups is 2. The van der Waals surface area contributed by atoms with Gasteiger partial charge in [-0.15, -0.1) is 11.6 Å². The Morgan fingerprint density at radius 1 is 1.38 bits per heavy atom. The van der Waals surface area contributed by atoms with Crippen LogP contribution in [0.3, 0.4) is 0 Å². The first kappa shape index (κ1) is 17.3. The van der Waals surface area contributed by atoms with Crippen LogP contribution in [0, 0.1) is 0 Å². The second kappa shape index (κ2) is 5.96. The number of rotatable bonds is 5. The van der Waals surface area contributed by atoms with Gasteiger partial charge in [0.1, 0.15) is 6.04 Å². The van der Waals surface area contributed by atoms with Crippen molar-refractivity contribution in [1.82, 2.24) is 15.1 Å². The number of Topliss-reactive ketones (excluding diaryl/α,β-unsaturated/α-hetero) is 1. The summed E-state index contributed by atoms with van der Waals surface area (Å²) in [7, 11) is 1.43. The zero-order chi connectivity index (χ0) is 16.4. The minimum absolute atomic E-state index is 0.0607. The van der Waals surface area contributed by atoms with Crippen molar-refractivity contribution in [3.05, 3.63) is 18.0 Å². The Hall–Kier alpha value is -1.71. The lowest BCUT2D eigenvalue weighted by Gasteiger charge is -2.22. The van der Waals surface area contributed by atoms with Crippen molar-refractivity contribution in [2.45, 2.75) is 18.1 Å². The number of nitrogens with one attached hydrogen (secondary N) is 1. The maximum atomic E-state index is 12.9. The molecule has 1 unspecified atom stereocenters. The Morgan fingerprint density at radius 2 is 1.95 bits per heavy atom. The van der Waals surface area contributed by atoms with Crippen LogP contribution < -0.4 is 5.32 Å². The van der Waals surface area contributed by atoms with Gasteiger partial charge >= 0.3 is 18.0 Å². The van der Waals surface area contributed by atoms with E-state index in [1.54, 1.807) is 0 Å². The minimum atomic E-state index is -6.07. The van der Waals surface area contributed by atoms with Gasteiger partial charge in [-0.3, -0.25) is 14.3 Å². The zero-order valence-electron chi connectivity index (χ0n) is 10.4. The Bertz CT molecular complexity index is 543. The highest BCUT2D eigenvalue weighted by atomic mass is 35.5. The van der Waals surface area contributed by atoms with Gasteiger partial charge in [-0.2, -0.15) is 27.1 Å². The van der Waals surface area contributed by atoms with E-state index in [0.717, 1.165) is 6.20 Å². The van der Waals surface area contributed by atoms with Crippen LogP contribution in [0.4, 0.5) is 22.0 Å². The van der Waals surface area contributed by atoms with Crippen molar-refractivity contribution in [2.24, 2.45) is 7.05 Å². The average Bonchev–Trinajstić information content (AvgIpc) is 2.79. The highest BCUT2D eigenvalue weighted by molar-refractivity contribution is 6.28. The van der Waals surface area contributed by atoms with Crippen LogP contribution in [0.2, 0.25) is 0 Å². The highest BCUT2D eigenvalue weighted by Crippen LogP contribution is 2.36. The summed E-state index contributed by atoms with van der Waals surface area (Å²) in [5.74, 6) is -9.89.